The molecule has 0 atom stereocenters. The third kappa shape index (κ3) is 2.48. The molecular formula is C14H9ClN2O2. The van der Waals surface area contributed by atoms with Crippen LogP contribution < -0.4 is 0 Å². The smallest absolute Gasteiger partial charge is 0.199 e. The minimum absolute atomic E-state index is 0.237. The summed E-state index contributed by atoms with van der Waals surface area (Å²) in [5, 5.41) is 1.57. The molecule has 0 saturated heterocycles. The molecule has 2 heterocycles. The molecule has 4 nitrogen and oxygen atoms in total. The van der Waals surface area contributed by atoms with E-state index in [1.807, 2.05) is 24.3 Å². The summed E-state index contributed by atoms with van der Waals surface area (Å²) in [6.07, 6.45) is 4.20. The molecule has 0 aliphatic rings. The van der Waals surface area contributed by atoms with E-state index in [1.165, 1.54) is 6.20 Å². The van der Waals surface area contributed by atoms with Gasteiger partial charge >= 0.3 is 0 Å². The van der Waals surface area contributed by atoms with Crippen molar-refractivity contribution in [3.05, 3.63) is 58.9 Å². The van der Waals surface area contributed by atoms with Crippen LogP contribution in [0.15, 0.2) is 41.1 Å². The van der Waals surface area contributed by atoms with Gasteiger partial charge in [-0.25, -0.2) is 4.98 Å². The highest BCUT2D eigenvalue weighted by Gasteiger charge is 2.05. The second-order valence-electron chi connectivity index (χ2n) is 4.13. The van der Waals surface area contributed by atoms with E-state index >= 15 is 0 Å². The Morgan fingerprint density at radius 1 is 1.21 bits per heavy atom. The highest BCUT2D eigenvalue weighted by Crippen LogP contribution is 2.19. The van der Waals surface area contributed by atoms with E-state index in [0.29, 0.717) is 23.6 Å². The van der Waals surface area contributed by atoms with E-state index in [4.69, 9.17) is 16.0 Å². The molecule has 1 aromatic carbocycles. The van der Waals surface area contributed by atoms with Gasteiger partial charge in [0.25, 0.3) is 0 Å². The third-order valence-corrected chi connectivity index (χ3v) is 2.96. The maximum atomic E-state index is 10.5. The fourth-order valence-electron chi connectivity index (χ4n) is 1.90. The van der Waals surface area contributed by atoms with Crippen molar-refractivity contribution < 1.29 is 9.21 Å². The first-order valence-corrected chi connectivity index (χ1v) is 6.06. The van der Waals surface area contributed by atoms with Crippen LogP contribution in [-0.4, -0.2) is 16.3 Å². The highest BCUT2D eigenvalue weighted by atomic mass is 35.5. The van der Waals surface area contributed by atoms with Gasteiger partial charge in [0.05, 0.1) is 16.7 Å². The van der Waals surface area contributed by atoms with Gasteiger partial charge in [0, 0.05) is 18.0 Å². The van der Waals surface area contributed by atoms with Crippen LogP contribution in [0.3, 0.4) is 0 Å². The number of aromatic nitrogens is 2. The normalized spacial score (nSPS) is 10.8. The number of hydrogen-bond donors (Lipinski definition) is 0. The molecule has 5 heteroatoms. The second kappa shape index (κ2) is 4.82. The molecule has 19 heavy (non-hydrogen) atoms. The maximum absolute atomic E-state index is 10.5. The van der Waals surface area contributed by atoms with E-state index in [0.717, 1.165) is 16.5 Å². The van der Waals surface area contributed by atoms with Crippen molar-refractivity contribution in [2.24, 2.45) is 0 Å². The van der Waals surface area contributed by atoms with Crippen molar-refractivity contribution in [2.75, 3.05) is 0 Å². The van der Waals surface area contributed by atoms with Crippen LogP contribution >= 0.6 is 11.6 Å². The second-order valence-corrected chi connectivity index (χ2v) is 4.57. The number of oxazole rings is 1. The Balaban J connectivity index is 1.94. The summed E-state index contributed by atoms with van der Waals surface area (Å²) < 4.78 is 5.25. The van der Waals surface area contributed by atoms with Gasteiger partial charge in [-0.05, 0) is 23.8 Å². The lowest BCUT2D eigenvalue weighted by molar-refractivity contribution is 0.109. The van der Waals surface area contributed by atoms with Gasteiger partial charge < -0.3 is 4.42 Å². The van der Waals surface area contributed by atoms with Crippen molar-refractivity contribution in [3.63, 3.8) is 0 Å². The number of benzene rings is 1. The first-order chi connectivity index (χ1) is 9.24. The minimum Gasteiger partial charge on any atom is -0.438 e. The van der Waals surface area contributed by atoms with E-state index in [1.54, 1.807) is 6.20 Å². The highest BCUT2D eigenvalue weighted by molar-refractivity contribution is 6.31. The van der Waals surface area contributed by atoms with E-state index < -0.39 is 0 Å². The fraction of sp³-hybridized carbons (Fsp3) is 0.0714. The largest absolute Gasteiger partial charge is 0.438 e. The van der Waals surface area contributed by atoms with Crippen molar-refractivity contribution >= 4 is 28.8 Å². The lowest BCUT2D eigenvalue weighted by Gasteiger charge is -2.01. The first-order valence-electron chi connectivity index (χ1n) is 5.69. The fourth-order valence-corrected chi connectivity index (χ4v) is 2.07. The Morgan fingerprint density at radius 3 is 2.89 bits per heavy atom. The molecule has 0 saturated carbocycles. The molecule has 0 unspecified atom stereocenters. The first kappa shape index (κ1) is 11.9. The van der Waals surface area contributed by atoms with Gasteiger partial charge in [0.1, 0.15) is 0 Å². The number of carbonyl (C=O) groups excluding carboxylic acids is 1. The molecule has 94 valence electrons. The predicted octanol–water partition coefficient (Wildman–Crippen LogP) is 3.28. The van der Waals surface area contributed by atoms with Crippen LogP contribution in [0.2, 0.25) is 5.02 Å². The van der Waals surface area contributed by atoms with Crippen molar-refractivity contribution in [1.82, 2.24) is 9.97 Å². The molecule has 0 bridgehead atoms. The van der Waals surface area contributed by atoms with Crippen molar-refractivity contribution in [2.45, 2.75) is 6.42 Å². The summed E-state index contributed by atoms with van der Waals surface area (Å²) >= 11 is 5.92. The zero-order valence-corrected chi connectivity index (χ0v) is 10.6. The average molecular weight is 273 g/mol. The Bertz CT molecular complexity index is 752. The number of carbonyl (C=O) groups is 1. The predicted molar refractivity (Wildman–Crippen MR) is 71.4 cm³/mol. The average Bonchev–Trinajstić information content (AvgIpc) is 2.86. The molecule has 0 aliphatic heterocycles. The number of nitrogens with zero attached hydrogens (tertiary/aromatic N) is 2. The minimum atomic E-state index is 0.237. The Kier molecular flexibility index (Phi) is 3.01. The third-order valence-electron chi connectivity index (χ3n) is 2.76. The van der Waals surface area contributed by atoms with E-state index in [-0.39, 0.29) is 5.76 Å². The molecule has 3 rings (SSSR count). The molecule has 3 aromatic rings. The number of pyridine rings is 1. The van der Waals surface area contributed by atoms with Gasteiger partial charge in [0.15, 0.2) is 17.9 Å². The number of aldehydes is 1. The van der Waals surface area contributed by atoms with Crippen molar-refractivity contribution in [3.8, 4) is 0 Å². The summed E-state index contributed by atoms with van der Waals surface area (Å²) in [6, 6.07) is 7.72. The van der Waals surface area contributed by atoms with Gasteiger partial charge in [-0.15, -0.1) is 0 Å². The maximum Gasteiger partial charge on any atom is 0.199 e. The Morgan fingerprint density at radius 2 is 2.11 bits per heavy atom. The van der Waals surface area contributed by atoms with Crippen LogP contribution in [0, 0.1) is 0 Å². The molecule has 0 fully saturated rings. The summed E-state index contributed by atoms with van der Waals surface area (Å²) in [5.41, 5.74) is 1.91. The van der Waals surface area contributed by atoms with E-state index in [2.05, 4.69) is 9.97 Å². The zero-order chi connectivity index (χ0) is 13.2. The monoisotopic (exact) mass is 272 g/mol. The number of fused-ring (bicyclic) bond motifs is 1. The molecule has 0 aliphatic carbocycles. The summed E-state index contributed by atoms with van der Waals surface area (Å²) in [7, 11) is 0. The number of hydrogen-bond acceptors (Lipinski definition) is 4. The quantitative estimate of drug-likeness (QED) is 0.687. The van der Waals surface area contributed by atoms with E-state index in [9.17, 15) is 4.79 Å². The van der Waals surface area contributed by atoms with Crippen LogP contribution in [0.4, 0.5) is 0 Å². The molecule has 0 amide bonds. The van der Waals surface area contributed by atoms with Gasteiger partial charge in [-0.1, -0.05) is 17.7 Å². The number of rotatable bonds is 3. The molecule has 2 aromatic heterocycles. The molecule has 0 N–H and O–H groups in total. The van der Waals surface area contributed by atoms with Gasteiger partial charge in [-0.3, -0.25) is 9.78 Å². The zero-order valence-electron chi connectivity index (χ0n) is 9.84. The summed E-state index contributed by atoms with van der Waals surface area (Å²) in [6.45, 7) is 0. The number of halogens is 1. The SMILES string of the molecule is O=Cc1cnc(Cc2ccc3ncc(Cl)cc3c2)o1. The molecular weight excluding hydrogens is 264 g/mol. The molecule has 0 radical (unpaired) electrons. The van der Waals surface area contributed by atoms with Crippen LogP contribution in [0.25, 0.3) is 10.9 Å². The summed E-state index contributed by atoms with van der Waals surface area (Å²) in [4.78, 5) is 18.8. The van der Waals surface area contributed by atoms with Crippen LogP contribution in [0.1, 0.15) is 22.0 Å². The van der Waals surface area contributed by atoms with Crippen LogP contribution in [-0.2, 0) is 6.42 Å². The summed E-state index contributed by atoms with van der Waals surface area (Å²) in [5.74, 6) is 0.747. The van der Waals surface area contributed by atoms with Gasteiger partial charge in [0.2, 0.25) is 0 Å². The lowest BCUT2D eigenvalue weighted by Crippen LogP contribution is -1.89. The van der Waals surface area contributed by atoms with Gasteiger partial charge in [-0.2, -0.15) is 0 Å². The topological polar surface area (TPSA) is 56.0 Å². The molecule has 0 spiro atoms. The lowest BCUT2D eigenvalue weighted by atomic mass is 10.1. The van der Waals surface area contributed by atoms with Crippen molar-refractivity contribution in [1.29, 1.82) is 0 Å². The van der Waals surface area contributed by atoms with Crippen LogP contribution in [0.5, 0.6) is 0 Å². The Labute approximate surface area is 114 Å². The Hall–Kier alpha value is -2.20. The standard InChI is InChI=1S/C14H9ClN2O2/c15-11-5-10-3-9(1-2-13(10)16-6-11)4-14-17-7-12(8-18)19-14/h1-3,5-8H,4H2.